The van der Waals surface area contributed by atoms with Crippen LogP contribution >= 0.6 is 0 Å². The SMILES string of the molecule is CCC(C)C(O)CNC(=O)c1cccc(Cn2nc(C)cc2C)c1. The van der Waals surface area contributed by atoms with Crippen LogP contribution in [0.25, 0.3) is 0 Å². The van der Waals surface area contributed by atoms with Crippen LogP contribution in [0.2, 0.25) is 0 Å². The molecule has 0 saturated carbocycles. The summed E-state index contributed by atoms with van der Waals surface area (Å²) in [6.07, 6.45) is 0.367. The first kappa shape index (κ1) is 18.2. The summed E-state index contributed by atoms with van der Waals surface area (Å²) in [6, 6.07) is 9.56. The number of nitrogens with one attached hydrogen (secondary N) is 1. The number of amides is 1. The zero-order chi connectivity index (χ0) is 17.7. The fourth-order valence-corrected chi connectivity index (χ4v) is 2.59. The molecule has 2 rings (SSSR count). The Labute approximate surface area is 143 Å². The van der Waals surface area contributed by atoms with E-state index in [4.69, 9.17) is 0 Å². The highest BCUT2D eigenvalue weighted by atomic mass is 16.3. The standard InChI is InChI=1S/C19H27N3O2/c1-5-13(2)18(23)11-20-19(24)17-8-6-7-16(10-17)12-22-15(4)9-14(3)21-22/h6-10,13,18,23H,5,11-12H2,1-4H3,(H,20,24). The normalized spacial score (nSPS) is 13.5. The lowest BCUT2D eigenvalue weighted by atomic mass is 10.0. The average molecular weight is 329 g/mol. The Bertz CT molecular complexity index is 694. The van der Waals surface area contributed by atoms with Crippen LogP contribution in [0.1, 0.15) is 47.6 Å². The molecule has 0 saturated heterocycles. The predicted octanol–water partition coefficient (Wildman–Crippen LogP) is 2.69. The van der Waals surface area contributed by atoms with Gasteiger partial charge in [-0.05, 0) is 43.5 Å². The van der Waals surface area contributed by atoms with Crippen LogP contribution in [-0.4, -0.2) is 33.4 Å². The highest BCUT2D eigenvalue weighted by Crippen LogP contribution is 2.11. The summed E-state index contributed by atoms with van der Waals surface area (Å²) in [4.78, 5) is 12.3. The summed E-state index contributed by atoms with van der Waals surface area (Å²) in [5.41, 5.74) is 3.71. The molecule has 2 unspecified atom stereocenters. The van der Waals surface area contributed by atoms with E-state index in [0.717, 1.165) is 23.4 Å². The molecular formula is C19H27N3O2. The number of carbonyl (C=O) groups excluding carboxylic acids is 1. The van der Waals surface area contributed by atoms with E-state index in [2.05, 4.69) is 10.4 Å². The fraction of sp³-hybridized carbons (Fsp3) is 0.474. The Morgan fingerprint density at radius 3 is 2.71 bits per heavy atom. The number of hydrogen-bond donors (Lipinski definition) is 2. The van der Waals surface area contributed by atoms with Crippen molar-refractivity contribution in [2.45, 2.75) is 46.8 Å². The first-order valence-electron chi connectivity index (χ1n) is 8.47. The van der Waals surface area contributed by atoms with Gasteiger partial charge >= 0.3 is 0 Å². The van der Waals surface area contributed by atoms with Crippen LogP contribution in [0.3, 0.4) is 0 Å². The van der Waals surface area contributed by atoms with Crippen LogP contribution in [0.5, 0.6) is 0 Å². The second-order valence-electron chi connectivity index (χ2n) is 6.45. The van der Waals surface area contributed by atoms with Gasteiger partial charge in [0.05, 0.1) is 18.3 Å². The molecule has 5 heteroatoms. The van der Waals surface area contributed by atoms with Crippen LogP contribution in [0.4, 0.5) is 0 Å². The molecule has 1 amide bonds. The first-order chi connectivity index (χ1) is 11.4. The second kappa shape index (κ2) is 8.11. The number of benzene rings is 1. The molecule has 0 aliphatic heterocycles. The van der Waals surface area contributed by atoms with Crippen LogP contribution in [0.15, 0.2) is 30.3 Å². The van der Waals surface area contributed by atoms with Crippen LogP contribution in [-0.2, 0) is 6.54 Å². The van der Waals surface area contributed by atoms with Gasteiger partial charge < -0.3 is 10.4 Å². The van der Waals surface area contributed by atoms with E-state index in [1.807, 2.05) is 56.6 Å². The fourth-order valence-electron chi connectivity index (χ4n) is 2.59. The molecule has 1 heterocycles. The largest absolute Gasteiger partial charge is 0.391 e. The van der Waals surface area contributed by atoms with E-state index in [0.29, 0.717) is 12.1 Å². The summed E-state index contributed by atoms with van der Waals surface area (Å²) < 4.78 is 1.93. The topological polar surface area (TPSA) is 67.2 Å². The molecule has 2 atom stereocenters. The molecule has 2 aromatic rings. The quantitative estimate of drug-likeness (QED) is 0.821. The molecule has 1 aromatic carbocycles. The van der Waals surface area contributed by atoms with Gasteiger partial charge in [-0.25, -0.2) is 0 Å². The van der Waals surface area contributed by atoms with E-state index in [1.54, 1.807) is 6.07 Å². The summed E-state index contributed by atoms with van der Waals surface area (Å²) in [7, 11) is 0. The molecule has 5 nitrogen and oxygen atoms in total. The lowest BCUT2D eigenvalue weighted by Crippen LogP contribution is -2.35. The summed E-state index contributed by atoms with van der Waals surface area (Å²) in [5, 5.41) is 17.2. The average Bonchev–Trinajstić information content (AvgIpc) is 2.89. The molecule has 2 N–H and O–H groups in total. The minimum absolute atomic E-state index is 0.160. The molecule has 0 aliphatic carbocycles. The molecule has 0 radical (unpaired) electrons. The third kappa shape index (κ3) is 4.68. The van der Waals surface area contributed by atoms with Gasteiger partial charge in [-0.2, -0.15) is 5.10 Å². The Balaban J connectivity index is 2.01. The molecule has 0 bridgehead atoms. The Morgan fingerprint density at radius 2 is 2.08 bits per heavy atom. The van der Waals surface area contributed by atoms with Gasteiger partial charge in [0.1, 0.15) is 0 Å². The predicted molar refractivity (Wildman–Crippen MR) is 95.0 cm³/mol. The lowest BCUT2D eigenvalue weighted by molar-refractivity contribution is 0.0850. The van der Waals surface area contributed by atoms with Crippen LogP contribution in [0, 0.1) is 19.8 Å². The van der Waals surface area contributed by atoms with Crippen molar-refractivity contribution in [2.24, 2.45) is 5.92 Å². The van der Waals surface area contributed by atoms with Gasteiger partial charge in [0.2, 0.25) is 0 Å². The maximum Gasteiger partial charge on any atom is 0.251 e. The minimum Gasteiger partial charge on any atom is -0.391 e. The van der Waals surface area contributed by atoms with E-state index in [1.165, 1.54) is 0 Å². The molecule has 130 valence electrons. The summed E-state index contributed by atoms with van der Waals surface area (Å²) >= 11 is 0. The summed E-state index contributed by atoms with van der Waals surface area (Å²) in [5.74, 6) is 0.00948. The van der Waals surface area contributed by atoms with Gasteiger partial charge in [0.25, 0.3) is 5.91 Å². The van der Waals surface area contributed by atoms with Crippen LogP contribution < -0.4 is 5.32 Å². The number of aryl methyl sites for hydroxylation is 2. The number of carbonyl (C=O) groups is 1. The zero-order valence-corrected chi connectivity index (χ0v) is 14.9. The van der Waals surface area contributed by atoms with Gasteiger partial charge in [0, 0.05) is 17.8 Å². The van der Waals surface area contributed by atoms with Crippen molar-refractivity contribution in [1.82, 2.24) is 15.1 Å². The maximum absolute atomic E-state index is 12.3. The highest BCUT2D eigenvalue weighted by Gasteiger charge is 2.14. The second-order valence-corrected chi connectivity index (χ2v) is 6.45. The highest BCUT2D eigenvalue weighted by molar-refractivity contribution is 5.94. The van der Waals surface area contributed by atoms with Gasteiger partial charge in [-0.3, -0.25) is 9.48 Å². The van der Waals surface area contributed by atoms with Gasteiger partial charge in [-0.1, -0.05) is 32.4 Å². The molecule has 0 spiro atoms. The number of aliphatic hydroxyl groups excluding tert-OH is 1. The Kier molecular flexibility index (Phi) is 6.15. The maximum atomic E-state index is 12.3. The third-order valence-corrected chi connectivity index (χ3v) is 4.40. The van der Waals surface area contributed by atoms with Crippen molar-refractivity contribution >= 4 is 5.91 Å². The molecule has 24 heavy (non-hydrogen) atoms. The van der Waals surface area contributed by atoms with Gasteiger partial charge in [0.15, 0.2) is 0 Å². The minimum atomic E-state index is -0.517. The summed E-state index contributed by atoms with van der Waals surface area (Å²) in [6.45, 7) is 8.90. The Hall–Kier alpha value is -2.14. The molecule has 0 aliphatic rings. The number of aromatic nitrogens is 2. The van der Waals surface area contributed by atoms with Gasteiger partial charge in [-0.15, -0.1) is 0 Å². The monoisotopic (exact) mass is 329 g/mol. The van der Waals surface area contributed by atoms with E-state index < -0.39 is 6.10 Å². The molecule has 0 fully saturated rings. The van der Waals surface area contributed by atoms with Crippen molar-refractivity contribution in [3.63, 3.8) is 0 Å². The van der Waals surface area contributed by atoms with Crippen molar-refractivity contribution < 1.29 is 9.90 Å². The van der Waals surface area contributed by atoms with E-state index >= 15 is 0 Å². The van der Waals surface area contributed by atoms with Crippen molar-refractivity contribution in [3.05, 3.63) is 52.8 Å². The number of rotatable bonds is 7. The van der Waals surface area contributed by atoms with Crippen molar-refractivity contribution in [2.75, 3.05) is 6.54 Å². The molecule has 1 aromatic heterocycles. The lowest BCUT2D eigenvalue weighted by Gasteiger charge is -2.17. The zero-order valence-electron chi connectivity index (χ0n) is 14.9. The van der Waals surface area contributed by atoms with E-state index in [-0.39, 0.29) is 18.4 Å². The smallest absolute Gasteiger partial charge is 0.251 e. The van der Waals surface area contributed by atoms with Crippen molar-refractivity contribution in [3.8, 4) is 0 Å². The van der Waals surface area contributed by atoms with E-state index in [9.17, 15) is 9.90 Å². The third-order valence-electron chi connectivity index (χ3n) is 4.40. The van der Waals surface area contributed by atoms with Crippen molar-refractivity contribution in [1.29, 1.82) is 0 Å². The molecular weight excluding hydrogens is 302 g/mol. The number of aliphatic hydroxyl groups is 1. The first-order valence-corrected chi connectivity index (χ1v) is 8.47. The Morgan fingerprint density at radius 1 is 1.33 bits per heavy atom. The number of nitrogens with zero attached hydrogens (tertiary/aromatic N) is 2. The number of hydrogen-bond acceptors (Lipinski definition) is 3.